The number of amides is 1. The van der Waals surface area contributed by atoms with Gasteiger partial charge in [-0.1, -0.05) is 29.8 Å². The Hall–Kier alpha value is -1.20. The third-order valence-corrected chi connectivity index (χ3v) is 3.19. The Morgan fingerprint density at radius 3 is 2.79 bits per heavy atom. The standard InChI is InChI=1S/C14H17BrFNO2/c1-9(2)13(8-18)17-14(19)6-3-10-7-11(15)4-5-12(10)16/h3-7,9,13,18H,8H2,1-2H3,(H,17,19)/t13-/m1/s1. The molecule has 0 aliphatic rings. The second-order valence-corrected chi connectivity index (χ2v) is 5.46. The van der Waals surface area contributed by atoms with Crippen LogP contribution in [0, 0.1) is 11.7 Å². The molecule has 0 saturated carbocycles. The van der Waals surface area contributed by atoms with Gasteiger partial charge in [-0.2, -0.15) is 0 Å². The molecule has 1 aromatic carbocycles. The van der Waals surface area contributed by atoms with Crippen LogP contribution in [-0.4, -0.2) is 23.7 Å². The van der Waals surface area contributed by atoms with Crippen molar-refractivity contribution >= 4 is 27.9 Å². The van der Waals surface area contributed by atoms with Crippen LogP contribution in [0.3, 0.4) is 0 Å². The summed E-state index contributed by atoms with van der Waals surface area (Å²) in [5, 5.41) is 11.8. The van der Waals surface area contributed by atoms with E-state index in [0.29, 0.717) is 5.56 Å². The zero-order chi connectivity index (χ0) is 14.4. The van der Waals surface area contributed by atoms with Gasteiger partial charge in [-0.15, -0.1) is 0 Å². The molecular weight excluding hydrogens is 313 g/mol. The number of hydrogen-bond donors (Lipinski definition) is 2. The van der Waals surface area contributed by atoms with Gasteiger partial charge in [-0.05, 0) is 30.2 Å². The molecule has 0 fully saturated rings. The lowest BCUT2D eigenvalue weighted by Gasteiger charge is -2.18. The summed E-state index contributed by atoms with van der Waals surface area (Å²) in [4.78, 5) is 11.6. The van der Waals surface area contributed by atoms with Crippen molar-refractivity contribution in [2.45, 2.75) is 19.9 Å². The van der Waals surface area contributed by atoms with E-state index >= 15 is 0 Å². The molecule has 0 aliphatic carbocycles. The van der Waals surface area contributed by atoms with Crippen molar-refractivity contribution in [3.63, 3.8) is 0 Å². The fourth-order valence-corrected chi connectivity index (χ4v) is 1.84. The van der Waals surface area contributed by atoms with Gasteiger partial charge in [0.25, 0.3) is 0 Å². The van der Waals surface area contributed by atoms with E-state index in [2.05, 4.69) is 21.2 Å². The summed E-state index contributed by atoms with van der Waals surface area (Å²) in [6.45, 7) is 3.68. The Morgan fingerprint density at radius 2 is 2.21 bits per heavy atom. The lowest BCUT2D eigenvalue weighted by Crippen LogP contribution is -2.40. The van der Waals surface area contributed by atoms with Crippen LogP contribution in [0.15, 0.2) is 28.7 Å². The Kier molecular flexibility index (Phi) is 6.18. The summed E-state index contributed by atoms with van der Waals surface area (Å²) in [7, 11) is 0. The van der Waals surface area contributed by atoms with Crippen molar-refractivity contribution in [3.05, 3.63) is 40.1 Å². The number of nitrogens with one attached hydrogen (secondary N) is 1. The molecule has 0 aliphatic heterocycles. The van der Waals surface area contributed by atoms with Gasteiger partial charge in [0.2, 0.25) is 5.91 Å². The summed E-state index contributed by atoms with van der Waals surface area (Å²) in [6, 6.07) is 4.20. The van der Waals surface area contributed by atoms with Crippen molar-refractivity contribution < 1.29 is 14.3 Å². The van der Waals surface area contributed by atoms with Crippen molar-refractivity contribution in [3.8, 4) is 0 Å². The molecule has 1 amide bonds. The van der Waals surface area contributed by atoms with Gasteiger partial charge in [0.1, 0.15) is 5.82 Å². The molecule has 0 unspecified atom stereocenters. The molecule has 0 aromatic heterocycles. The van der Waals surface area contributed by atoms with Crippen molar-refractivity contribution in [2.75, 3.05) is 6.61 Å². The van der Waals surface area contributed by atoms with Gasteiger partial charge in [-0.25, -0.2) is 4.39 Å². The summed E-state index contributed by atoms with van der Waals surface area (Å²) < 4.78 is 14.2. The quantitative estimate of drug-likeness (QED) is 0.816. The van der Waals surface area contributed by atoms with E-state index in [-0.39, 0.29) is 24.5 Å². The van der Waals surface area contributed by atoms with Crippen LogP contribution in [0.25, 0.3) is 6.08 Å². The van der Waals surface area contributed by atoms with Gasteiger partial charge >= 0.3 is 0 Å². The second kappa shape index (κ2) is 7.40. The average molecular weight is 330 g/mol. The topological polar surface area (TPSA) is 49.3 Å². The van der Waals surface area contributed by atoms with Crippen LogP contribution in [-0.2, 0) is 4.79 Å². The van der Waals surface area contributed by atoms with Gasteiger partial charge in [0.15, 0.2) is 0 Å². The largest absolute Gasteiger partial charge is 0.394 e. The fourth-order valence-electron chi connectivity index (χ4n) is 1.46. The van der Waals surface area contributed by atoms with Crippen molar-refractivity contribution in [1.82, 2.24) is 5.32 Å². The number of hydrogen-bond acceptors (Lipinski definition) is 2. The fraction of sp³-hybridized carbons (Fsp3) is 0.357. The summed E-state index contributed by atoms with van der Waals surface area (Å²) in [5.41, 5.74) is 0.328. The highest BCUT2D eigenvalue weighted by Gasteiger charge is 2.13. The zero-order valence-corrected chi connectivity index (χ0v) is 12.4. The van der Waals surface area contributed by atoms with Gasteiger partial charge in [0.05, 0.1) is 12.6 Å². The number of aliphatic hydroxyl groups is 1. The third-order valence-electron chi connectivity index (χ3n) is 2.70. The molecule has 0 saturated heterocycles. The minimum atomic E-state index is -0.394. The summed E-state index contributed by atoms with van der Waals surface area (Å²) in [6.07, 6.45) is 2.67. The molecule has 104 valence electrons. The first-order valence-electron chi connectivity index (χ1n) is 5.98. The minimum absolute atomic E-state index is 0.123. The molecule has 5 heteroatoms. The first kappa shape index (κ1) is 15.9. The molecule has 0 radical (unpaired) electrons. The predicted molar refractivity (Wildman–Crippen MR) is 77.0 cm³/mol. The number of carbonyl (C=O) groups excluding carboxylic acids is 1. The smallest absolute Gasteiger partial charge is 0.244 e. The van der Waals surface area contributed by atoms with Gasteiger partial charge in [0, 0.05) is 16.1 Å². The average Bonchev–Trinajstić information content (AvgIpc) is 2.36. The van der Waals surface area contributed by atoms with E-state index in [1.165, 1.54) is 18.2 Å². The highest BCUT2D eigenvalue weighted by Crippen LogP contribution is 2.16. The van der Waals surface area contributed by atoms with Crippen LogP contribution in [0.1, 0.15) is 19.4 Å². The monoisotopic (exact) mass is 329 g/mol. The van der Waals surface area contributed by atoms with Crippen LogP contribution in [0.2, 0.25) is 0 Å². The van der Waals surface area contributed by atoms with E-state index in [1.54, 1.807) is 12.1 Å². The first-order chi connectivity index (χ1) is 8.93. The predicted octanol–water partition coefficient (Wildman–Crippen LogP) is 2.73. The Bertz CT molecular complexity index is 475. The van der Waals surface area contributed by atoms with Crippen molar-refractivity contribution in [2.24, 2.45) is 5.92 Å². The number of benzene rings is 1. The second-order valence-electron chi connectivity index (χ2n) is 4.54. The van der Waals surface area contributed by atoms with Crippen LogP contribution in [0.5, 0.6) is 0 Å². The Balaban J connectivity index is 2.70. The number of aliphatic hydroxyl groups excluding tert-OH is 1. The Labute approximate surface area is 120 Å². The maximum Gasteiger partial charge on any atom is 0.244 e. The van der Waals surface area contributed by atoms with E-state index in [4.69, 9.17) is 5.11 Å². The molecule has 0 bridgehead atoms. The minimum Gasteiger partial charge on any atom is -0.394 e. The third kappa shape index (κ3) is 5.12. The highest BCUT2D eigenvalue weighted by atomic mass is 79.9. The molecule has 3 nitrogen and oxygen atoms in total. The molecule has 2 N–H and O–H groups in total. The van der Waals surface area contributed by atoms with Gasteiger partial charge in [-0.3, -0.25) is 4.79 Å². The Morgan fingerprint density at radius 1 is 1.53 bits per heavy atom. The number of halogens is 2. The lowest BCUT2D eigenvalue weighted by molar-refractivity contribution is -0.117. The number of rotatable bonds is 5. The SMILES string of the molecule is CC(C)[C@@H](CO)NC(=O)C=Cc1cc(Br)ccc1F. The molecule has 1 rings (SSSR count). The van der Waals surface area contributed by atoms with Gasteiger partial charge < -0.3 is 10.4 Å². The molecule has 0 heterocycles. The van der Waals surface area contributed by atoms with E-state index in [0.717, 1.165) is 4.47 Å². The first-order valence-corrected chi connectivity index (χ1v) is 6.77. The maximum atomic E-state index is 13.4. The summed E-state index contributed by atoms with van der Waals surface area (Å²) in [5.74, 6) is -0.619. The van der Waals surface area contributed by atoms with Crippen LogP contribution >= 0.6 is 15.9 Å². The highest BCUT2D eigenvalue weighted by molar-refractivity contribution is 9.10. The van der Waals surface area contributed by atoms with Crippen molar-refractivity contribution in [1.29, 1.82) is 0 Å². The molecular formula is C14H17BrFNO2. The molecule has 1 aromatic rings. The number of carbonyl (C=O) groups is 1. The zero-order valence-electron chi connectivity index (χ0n) is 10.9. The van der Waals surface area contributed by atoms with E-state index < -0.39 is 5.82 Å². The van der Waals surface area contributed by atoms with E-state index in [1.807, 2.05) is 13.8 Å². The molecule has 0 spiro atoms. The molecule has 19 heavy (non-hydrogen) atoms. The van der Waals surface area contributed by atoms with Crippen LogP contribution in [0.4, 0.5) is 4.39 Å². The summed E-state index contributed by atoms with van der Waals surface area (Å²) >= 11 is 3.24. The lowest BCUT2D eigenvalue weighted by atomic mass is 10.1. The normalized spacial score (nSPS) is 12.9. The van der Waals surface area contributed by atoms with E-state index in [9.17, 15) is 9.18 Å². The maximum absolute atomic E-state index is 13.4. The van der Waals surface area contributed by atoms with Crippen LogP contribution < -0.4 is 5.32 Å². The molecule has 1 atom stereocenters.